The third-order valence-electron chi connectivity index (χ3n) is 6.48. The summed E-state index contributed by atoms with van der Waals surface area (Å²) in [5.41, 5.74) is 1.74. The Morgan fingerprint density at radius 3 is 2.35 bits per heavy atom. The Hall–Kier alpha value is -1.60. The van der Waals surface area contributed by atoms with E-state index in [1.807, 2.05) is 12.1 Å². The van der Waals surface area contributed by atoms with Crippen molar-refractivity contribution in [3.63, 3.8) is 0 Å². The zero-order valence-corrected chi connectivity index (χ0v) is 19.5. The van der Waals surface area contributed by atoms with Gasteiger partial charge in [-0.15, -0.1) is 0 Å². The summed E-state index contributed by atoms with van der Waals surface area (Å²) in [6.07, 6.45) is 7.56. The summed E-state index contributed by atoms with van der Waals surface area (Å²) in [4.78, 5) is 5.46. The fourth-order valence-corrected chi connectivity index (χ4v) is 5.87. The highest BCUT2D eigenvalue weighted by Gasteiger charge is 2.25. The molecule has 2 aromatic rings. The predicted molar refractivity (Wildman–Crippen MR) is 127 cm³/mol. The lowest BCUT2D eigenvalue weighted by Crippen LogP contribution is -2.47. The lowest BCUT2D eigenvalue weighted by atomic mass is 9.99. The number of nitrogens with zero attached hydrogens (tertiary/aromatic N) is 2. The van der Waals surface area contributed by atoms with Gasteiger partial charge < -0.3 is 9.80 Å². The molecule has 5 nitrogen and oxygen atoms in total. The molecule has 0 amide bonds. The van der Waals surface area contributed by atoms with Crippen LogP contribution in [0, 0.1) is 0 Å². The summed E-state index contributed by atoms with van der Waals surface area (Å²) >= 11 is 5.87. The van der Waals surface area contributed by atoms with Gasteiger partial charge >= 0.3 is 0 Å². The van der Waals surface area contributed by atoms with Crippen molar-refractivity contribution in [3.05, 3.63) is 59.1 Å². The van der Waals surface area contributed by atoms with E-state index >= 15 is 0 Å². The molecule has 2 aliphatic rings. The molecule has 0 radical (unpaired) electrons. The van der Waals surface area contributed by atoms with Crippen molar-refractivity contribution in [2.24, 2.45) is 0 Å². The first-order valence-corrected chi connectivity index (χ1v) is 13.2. The molecular formula is C24H32ClN3O2S. The number of rotatable bonds is 7. The average molecular weight is 462 g/mol. The van der Waals surface area contributed by atoms with Crippen LogP contribution in [0.1, 0.15) is 37.7 Å². The van der Waals surface area contributed by atoms with Gasteiger partial charge in [0.1, 0.15) is 0 Å². The zero-order chi connectivity index (χ0) is 21.7. The minimum absolute atomic E-state index is 0.207. The van der Waals surface area contributed by atoms with E-state index in [-0.39, 0.29) is 4.90 Å². The molecule has 0 aliphatic carbocycles. The molecule has 2 aliphatic heterocycles. The number of halogens is 1. The molecule has 1 N–H and O–H groups in total. The van der Waals surface area contributed by atoms with Crippen LogP contribution in [0.2, 0.25) is 5.02 Å². The molecule has 2 saturated heterocycles. The molecule has 0 bridgehead atoms. The van der Waals surface area contributed by atoms with Crippen molar-refractivity contribution in [1.82, 2.24) is 9.80 Å². The number of sulfonamides is 1. The fraction of sp³-hybridized carbons (Fsp3) is 0.500. The number of anilines is 1. The summed E-state index contributed by atoms with van der Waals surface area (Å²) in [6.45, 7) is 5.89. The van der Waals surface area contributed by atoms with Crippen molar-refractivity contribution in [3.8, 4) is 0 Å². The van der Waals surface area contributed by atoms with Crippen LogP contribution in [0.3, 0.4) is 0 Å². The SMILES string of the molecule is O=S(=O)(Nc1cccc(CCN2CCC(N3CCCCC3)CC2)c1)c1ccc(Cl)cc1. The summed E-state index contributed by atoms with van der Waals surface area (Å²) in [5.74, 6) is 0. The van der Waals surface area contributed by atoms with Gasteiger partial charge in [0.05, 0.1) is 4.90 Å². The van der Waals surface area contributed by atoms with Crippen molar-refractivity contribution >= 4 is 27.3 Å². The first-order chi connectivity index (χ1) is 15.0. The van der Waals surface area contributed by atoms with Crippen molar-refractivity contribution in [2.45, 2.75) is 49.5 Å². The molecule has 2 heterocycles. The number of benzene rings is 2. The lowest BCUT2D eigenvalue weighted by molar-refractivity contribution is 0.0931. The third-order valence-corrected chi connectivity index (χ3v) is 8.13. The van der Waals surface area contributed by atoms with Crippen LogP contribution in [0.25, 0.3) is 0 Å². The van der Waals surface area contributed by atoms with Gasteiger partial charge in [-0.1, -0.05) is 30.2 Å². The maximum Gasteiger partial charge on any atom is 0.261 e. The van der Waals surface area contributed by atoms with Crippen molar-refractivity contribution < 1.29 is 8.42 Å². The van der Waals surface area contributed by atoms with Gasteiger partial charge in [0.15, 0.2) is 0 Å². The van der Waals surface area contributed by atoms with Crippen LogP contribution in [0.5, 0.6) is 0 Å². The van der Waals surface area contributed by atoms with E-state index in [0.29, 0.717) is 10.7 Å². The minimum atomic E-state index is -3.62. The molecule has 2 aromatic carbocycles. The van der Waals surface area contributed by atoms with Gasteiger partial charge in [0, 0.05) is 23.3 Å². The second-order valence-corrected chi connectivity index (χ2v) is 10.8. The number of nitrogens with one attached hydrogen (secondary N) is 1. The largest absolute Gasteiger partial charge is 0.303 e. The highest BCUT2D eigenvalue weighted by atomic mass is 35.5. The van der Waals surface area contributed by atoms with Crippen molar-refractivity contribution in [1.29, 1.82) is 0 Å². The Bertz CT molecular complexity index is 951. The smallest absolute Gasteiger partial charge is 0.261 e. The molecule has 31 heavy (non-hydrogen) atoms. The quantitative estimate of drug-likeness (QED) is 0.652. The molecule has 4 rings (SSSR count). The molecule has 0 unspecified atom stereocenters. The minimum Gasteiger partial charge on any atom is -0.303 e. The summed E-state index contributed by atoms with van der Waals surface area (Å²) < 4.78 is 27.9. The van der Waals surface area contributed by atoms with E-state index in [0.717, 1.165) is 37.7 Å². The Balaban J connectivity index is 1.28. The van der Waals surface area contributed by atoms with Gasteiger partial charge in [-0.25, -0.2) is 8.42 Å². The molecular weight excluding hydrogens is 430 g/mol. The molecule has 0 saturated carbocycles. The molecule has 2 fully saturated rings. The molecule has 0 spiro atoms. The predicted octanol–water partition coefficient (Wildman–Crippen LogP) is 4.63. The van der Waals surface area contributed by atoms with Gasteiger partial charge in [0.2, 0.25) is 0 Å². The number of hydrogen-bond donors (Lipinski definition) is 1. The topological polar surface area (TPSA) is 52.7 Å². The monoisotopic (exact) mass is 461 g/mol. The Morgan fingerprint density at radius 2 is 1.65 bits per heavy atom. The first-order valence-electron chi connectivity index (χ1n) is 11.3. The third kappa shape index (κ3) is 6.22. The maximum absolute atomic E-state index is 12.6. The Kier molecular flexibility index (Phi) is 7.54. The standard InChI is InChI=1S/C24H32ClN3O2S/c25-21-7-9-24(10-8-21)31(29,30)26-22-6-4-5-20(19-22)11-16-27-17-12-23(13-18-27)28-14-2-1-3-15-28/h4-10,19,23,26H,1-3,11-18H2. The Labute approximate surface area is 191 Å². The first kappa shape index (κ1) is 22.6. The summed E-state index contributed by atoms with van der Waals surface area (Å²) in [5, 5.41) is 0.515. The van der Waals surface area contributed by atoms with E-state index in [1.165, 1.54) is 57.3 Å². The van der Waals surface area contributed by atoms with E-state index < -0.39 is 10.0 Å². The van der Waals surface area contributed by atoms with E-state index in [4.69, 9.17) is 11.6 Å². The normalized spacial score (nSPS) is 19.4. The van der Waals surface area contributed by atoms with Crippen molar-refractivity contribution in [2.75, 3.05) is 37.4 Å². The van der Waals surface area contributed by atoms with Crippen LogP contribution < -0.4 is 4.72 Å². The van der Waals surface area contributed by atoms with E-state index in [1.54, 1.807) is 18.2 Å². The van der Waals surface area contributed by atoms with Gasteiger partial charge in [0.25, 0.3) is 10.0 Å². The summed E-state index contributed by atoms with van der Waals surface area (Å²) in [7, 11) is -3.62. The second kappa shape index (κ2) is 10.3. The Morgan fingerprint density at radius 1 is 0.935 bits per heavy atom. The van der Waals surface area contributed by atoms with Crippen LogP contribution in [-0.2, 0) is 16.4 Å². The molecule has 0 aromatic heterocycles. The second-order valence-electron chi connectivity index (χ2n) is 8.68. The van der Waals surface area contributed by atoms with Crippen LogP contribution in [0.15, 0.2) is 53.4 Å². The zero-order valence-electron chi connectivity index (χ0n) is 18.0. The van der Waals surface area contributed by atoms with Gasteiger partial charge in [-0.3, -0.25) is 4.72 Å². The number of likely N-dealkylation sites (tertiary alicyclic amines) is 2. The van der Waals surface area contributed by atoms with Crippen LogP contribution >= 0.6 is 11.6 Å². The van der Waals surface area contributed by atoms with Crippen LogP contribution in [-0.4, -0.2) is 57.0 Å². The molecule has 0 atom stereocenters. The highest BCUT2D eigenvalue weighted by Crippen LogP contribution is 2.22. The molecule has 7 heteroatoms. The fourth-order valence-electron chi connectivity index (χ4n) is 4.70. The van der Waals surface area contributed by atoms with Gasteiger partial charge in [-0.2, -0.15) is 0 Å². The van der Waals surface area contributed by atoms with Gasteiger partial charge in [-0.05, 0) is 100 Å². The lowest BCUT2D eigenvalue weighted by Gasteiger charge is -2.40. The summed E-state index contributed by atoms with van der Waals surface area (Å²) in [6, 6.07) is 14.7. The highest BCUT2D eigenvalue weighted by molar-refractivity contribution is 7.92. The number of piperidine rings is 2. The average Bonchev–Trinajstić information content (AvgIpc) is 2.79. The van der Waals surface area contributed by atoms with E-state index in [2.05, 4.69) is 20.6 Å². The maximum atomic E-state index is 12.6. The van der Waals surface area contributed by atoms with E-state index in [9.17, 15) is 8.42 Å². The number of hydrogen-bond acceptors (Lipinski definition) is 4. The molecule has 168 valence electrons. The van der Waals surface area contributed by atoms with Crippen LogP contribution in [0.4, 0.5) is 5.69 Å².